The number of aliphatic hydroxyl groups is 1. The smallest absolute Gasteiger partial charge is 0.130 e. The van der Waals surface area contributed by atoms with E-state index in [1.165, 1.54) is 0 Å². The minimum Gasteiger partial charge on any atom is -0.508 e. The van der Waals surface area contributed by atoms with Crippen LogP contribution in [-0.2, 0) is 6.42 Å². The first-order valence-electron chi connectivity index (χ1n) is 10.1. The number of rotatable bonds is 0. The summed E-state index contributed by atoms with van der Waals surface area (Å²) in [6.07, 6.45) is 6.81. The highest BCUT2D eigenvalue weighted by Gasteiger charge is 2.61. The summed E-state index contributed by atoms with van der Waals surface area (Å²) >= 11 is 0. The number of aromatic hydroxyl groups is 1. The van der Waals surface area contributed by atoms with Crippen LogP contribution in [0.2, 0.25) is 0 Å². The fraction of sp³-hybridized carbons (Fsp3) is 0.600. The minimum atomic E-state index is -1.83. The van der Waals surface area contributed by atoms with Gasteiger partial charge in [-0.1, -0.05) is 18.9 Å². The van der Waals surface area contributed by atoms with Gasteiger partial charge >= 0.3 is 0 Å². The van der Waals surface area contributed by atoms with Crippen LogP contribution in [0, 0.1) is 29.6 Å². The van der Waals surface area contributed by atoms with Crippen molar-refractivity contribution in [2.45, 2.75) is 56.9 Å². The van der Waals surface area contributed by atoms with Gasteiger partial charge in [0.05, 0.1) is 2.74 Å². The van der Waals surface area contributed by atoms with E-state index >= 15 is 0 Å². The molecule has 2 fully saturated rings. The molecule has 116 valence electrons. The van der Waals surface area contributed by atoms with Crippen LogP contribution in [0.15, 0.2) is 18.2 Å². The second-order valence-electron chi connectivity index (χ2n) is 7.30. The number of hydrogen-bond acceptors (Lipinski definition) is 2. The maximum Gasteiger partial charge on any atom is 0.130 e. The third kappa shape index (κ3) is 1.66. The molecule has 0 radical (unpaired) electrons. The number of phenols is 1. The summed E-state index contributed by atoms with van der Waals surface area (Å²) in [7, 11) is 0. The minimum absolute atomic E-state index is 0.0235. The molecule has 0 spiro atoms. The summed E-state index contributed by atoms with van der Waals surface area (Å²) in [5, 5.41) is 21.0. The Morgan fingerprint density at radius 1 is 1.45 bits per heavy atom. The van der Waals surface area contributed by atoms with Crippen LogP contribution in [0.1, 0.15) is 61.5 Å². The SMILES string of the molecule is [2H]c1cc2c(c([2H])c1O)CC[C@@H]1[C@@H]2CC[C@@]2(C)[C@H]1CC([2H])([2H])[C@@]2(O)[13C]#[13CH]. The van der Waals surface area contributed by atoms with Gasteiger partial charge in [-0.25, -0.2) is 0 Å². The lowest BCUT2D eigenvalue weighted by molar-refractivity contribution is -0.0646. The van der Waals surface area contributed by atoms with Crippen LogP contribution >= 0.6 is 0 Å². The molecule has 2 saturated carbocycles. The van der Waals surface area contributed by atoms with Gasteiger partial charge in [-0.3, -0.25) is 0 Å². The first-order valence-corrected chi connectivity index (χ1v) is 8.09. The summed E-state index contributed by atoms with van der Waals surface area (Å²) in [6, 6.07) is 1.71. The Morgan fingerprint density at radius 2 is 2.27 bits per heavy atom. The molecule has 1 aromatic rings. The summed E-state index contributed by atoms with van der Waals surface area (Å²) in [4.78, 5) is 0. The van der Waals surface area contributed by atoms with E-state index in [9.17, 15) is 10.2 Å². The van der Waals surface area contributed by atoms with Gasteiger partial charge in [0.2, 0.25) is 0 Å². The zero-order valence-corrected chi connectivity index (χ0v) is 12.8. The van der Waals surface area contributed by atoms with E-state index in [1.54, 1.807) is 6.07 Å². The van der Waals surface area contributed by atoms with Crippen molar-refractivity contribution < 1.29 is 15.7 Å². The number of phenolic OH excluding ortho intramolecular Hbond substituents is 1. The molecule has 2 nitrogen and oxygen atoms in total. The second kappa shape index (κ2) is 4.52. The van der Waals surface area contributed by atoms with E-state index in [0.29, 0.717) is 12.8 Å². The molecule has 0 aliphatic heterocycles. The van der Waals surface area contributed by atoms with Gasteiger partial charge in [0.25, 0.3) is 0 Å². The summed E-state index contributed by atoms with van der Waals surface area (Å²) in [5.74, 6) is 2.39. The zero-order chi connectivity index (χ0) is 19.1. The second-order valence-corrected chi connectivity index (χ2v) is 7.30. The molecular formula is C20H24O2. The number of benzene rings is 1. The maximum absolute atomic E-state index is 11.1. The molecule has 3 aliphatic carbocycles. The quantitative estimate of drug-likeness (QED) is 0.568. The third-order valence-corrected chi connectivity index (χ3v) is 6.55. The summed E-state index contributed by atoms with van der Waals surface area (Å²) in [5.41, 5.74) is -0.676. The van der Waals surface area contributed by atoms with Gasteiger partial charge in [-0.15, -0.1) is 6.42 Å². The highest BCUT2D eigenvalue weighted by molar-refractivity contribution is 5.40. The monoisotopic (exact) mass is 302 g/mol. The lowest BCUT2D eigenvalue weighted by atomic mass is 9.54. The van der Waals surface area contributed by atoms with Crippen molar-refractivity contribution in [1.82, 2.24) is 0 Å². The highest BCUT2D eigenvalue weighted by atomic mass is 16.3. The summed E-state index contributed by atoms with van der Waals surface area (Å²) in [6.45, 7) is 1.93. The Bertz CT molecular complexity index is 830. The largest absolute Gasteiger partial charge is 0.508 e. The van der Waals surface area contributed by atoms with Crippen molar-refractivity contribution in [3.05, 3.63) is 29.3 Å². The fourth-order valence-electron chi connectivity index (χ4n) is 5.23. The van der Waals surface area contributed by atoms with Gasteiger partial charge < -0.3 is 10.2 Å². The van der Waals surface area contributed by atoms with Crippen molar-refractivity contribution >= 4 is 0 Å². The number of terminal acetylenes is 1. The van der Waals surface area contributed by atoms with Gasteiger partial charge in [-0.05, 0) is 79.4 Å². The molecule has 1 aromatic carbocycles. The molecule has 3 aliphatic rings. The average Bonchev–Trinajstić information content (AvgIpc) is 2.76. The van der Waals surface area contributed by atoms with Crippen LogP contribution in [0.25, 0.3) is 0 Å². The molecule has 22 heavy (non-hydrogen) atoms. The molecule has 0 saturated heterocycles. The molecular weight excluding hydrogens is 274 g/mol. The van der Waals surface area contributed by atoms with Crippen molar-refractivity contribution in [3.8, 4) is 18.1 Å². The Labute approximate surface area is 138 Å². The van der Waals surface area contributed by atoms with Crippen LogP contribution < -0.4 is 0 Å². The topological polar surface area (TPSA) is 40.5 Å². The molecule has 0 amide bonds. The van der Waals surface area contributed by atoms with Crippen LogP contribution in [-0.4, -0.2) is 15.8 Å². The highest BCUT2D eigenvalue weighted by Crippen LogP contribution is 2.64. The molecule has 5 atom stereocenters. The van der Waals surface area contributed by atoms with Crippen LogP contribution in [0.5, 0.6) is 5.75 Å². The molecule has 2 N–H and O–H groups in total. The standard InChI is InChI=1S/C20H24O2/c1-3-20(22)11-9-18-17-6-4-13-12-14(21)5-7-15(13)16(17)8-10-19(18,20)2/h1,5,7,12,16-18,21-22H,4,6,8-11H2,2H3/t16-,17-,18+,19+,20+/m1/s1/i1+1,3+1,5D,11D2,12D. The Morgan fingerprint density at radius 3 is 3.05 bits per heavy atom. The maximum atomic E-state index is 11.1. The van der Waals surface area contributed by atoms with E-state index in [-0.39, 0.29) is 42.0 Å². The molecule has 2 heteroatoms. The van der Waals surface area contributed by atoms with Gasteiger partial charge in [-0.2, -0.15) is 0 Å². The average molecular weight is 302 g/mol. The molecule has 0 bridgehead atoms. The van der Waals surface area contributed by atoms with Gasteiger partial charge in [0, 0.05) is 8.16 Å². The molecule has 0 heterocycles. The zero-order valence-electron chi connectivity index (χ0n) is 16.8. The Kier molecular flexibility index (Phi) is 2.13. The Hall–Kier alpha value is -1.46. The first-order chi connectivity index (χ1) is 12.1. The van der Waals surface area contributed by atoms with Crippen molar-refractivity contribution in [1.29, 1.82) is 0 Å². The lowest BCUT2D eigenvalue weighted by Crippen LogP contribution is -2.50. The molecule has 0 aromatic heterocycles. The van der Waals surface area contributed by atoms with E-state index < -0.39 is 17.4 Å². The van der Waals surface area contributed by atoms with E-state index in [4.69, 9.17) is 11.9 Å². The normalized spacial score (nSPS) is 47.8. The number of fused-ring (bicyclic) bond motifs is 5. The summed E-state index contributed by atoms with van der Waals surface area (Å²) < 4.78 is 32.9. The predicted octanol–water partition coefficient (Wildman–Crippen LogP) is 3.61. The van der Waals surface area contributed by atoms with E-state index in [2.05, 4.69) is 5.92 Å². The molecule has 0 unspecified atom stereocenters. The van der Waals surface area contributed by atoms with Gasteiger partial charge in [0.15, 0.2) is 0 Å². The van der Waals surface area contributed by atoms with Gasteiger partial charge in [0.1, 0.15) is 11.4 Å². The van der Waals surface area contributed by atoms with Crippen molar-refractivity contribution in [2.24, 2.45) is 17.3 Å². The van der Waals surface area contributed by atoms with Crippen LogP contribution in [0.3, 0.4) is 0 Å². The number of hydrogen-bond donors (Lipinski definition) is 2. The third-order valence-electron chi connectivity index (χ3n) is 6.55. The first kappa shape index (κ1) is 10.3. The fourth-order valence-corrected chi connectivity index (χ4v) is 5.23. The van der Waals surface area contributed by atoms with E-state index in [0.717, 1.165) is 24.0 Å². The van der Waals surface area contributed by atoms with Crippen LogP contribution in [0.4, 0.5) is 0 Å². The van der Waals surface area contributed by atoms with Crippen molar-refractivity contribution in [3.63, 3.8) is 0 Å². The Balaban J connectivity index is 1.80. The lowest BCUT2D eigenvalue weighted by Gasteiger charge is -2.52. The van der Waals surface area contributed by atoms with E-state index in [1.807, 2.05) is 6.92 Å². The predicted molar refractivity (Wildman–Crippen MR) is 86.5 cm³/mol. The van der Waals surface area contributed by atoms with Crippen molar-refractivity contribution in [2.75, 3.05) is 0 Å². The molecule has 4 rings (SSSR count).